The minimum Gasteiger partial charge on any atom is -0.314 e. The predicted molar refractivity (Wildman–Crippen MR) is 85.7 cm³/mol. The molecule has 130 valence electrons. The first-order valence-corrected chi connectivity index (χ1v) is 7.34. The van der Waals surface area contributed by atoms with Crippen molar-refractivity contribution in [3.05, 3.63) is 46.8 Å². The molecule has 2 nitrogen and oxygen atoms in total. The molecule has 1 fully saturated rings. The first-order valence-electron chi connectivity index (χ1n) is 6.96. The molecular weight excluding hydrogens is 355 g/mol. The van der Waals surface area contributed by atoms with Gasteiger partial charge in [-0.15, -0.1) is 19.0 Å². The van der Waals surface area contributed by atoms with E-state index in [9.17, 15) is 17.6 Å². The molecule has 1 atom stereocenters. The zero-order chi connectivity index (χ0) is 16.3. The van der Waals surface area contributed by atoms with Crippen LogP contribution in [0, 0.1) is 5.82 Å². The molecule has 1 aliphatic heterocycles. The summed E-state index contributed by atoms with van der Waals surface area (Å²) in [5.41, 5.74) is -0.959. The van der Waals surface area contributed by atoms with E-state index in [4.69, 9.17) is 11.6 Å². The number of piperazine rings is 1. The van der Waals surface area contributed by atoms with Crippen LogP contribution < -0.4 is 5.32 Å². The lowest BCUT2D eigenvalue weighted by Crippen LogP contribution is -2.45. The predicted octanol–water partition coefficient (Wildman–Crippen LogP) is 4.44. The van der Waals surface area contributed by atoms with Crippen molar-refractivity contribution in [2.75, 3.05) is 26.2 Å². The third kappa shape index (κ3) is 4.83. The quantitative estimate of drug-likeness (QED) is 0.620. The van der Waals surface area contributed by atoms with Crippen molar-refractivity contribution < 1.29 is 17.6 Å². The molecule has 0 amide bonds. The molecule has 0 bridgehead atoms. The maximum Gasteiger partial charge on any atom is 0.416 e. The molecule has 0 radical (unpaired) electrons. The SMILES string of the molecule is C=CC[C@@H](c1cc(C(F)(F)F)cc(Cl)c1F)N1CCNCC1.Cl. The highest BCUT2D eigenvalue weighted by atomic mass is 35.5. The Balaban J connectivity index is 0.00000264. The summed E-state index contributed by atoms with van der Waals surface area (Å²) >= 11 is 5.68. The van der Waals surface area contributed by atoms with Crippen LogP contribution in [0.5, 0.6) is 0 Å². The van der Waals surface area contributed by atoms with Crippen molar-refractivity contribution in [1.29, 1.82) is 0 Å². The molecule has 1 heterocycles. The van der Waals surface area contributed by atoms with E-state index in [-0.39, 0.29) is 18.0 Å². The van der Waals surface area contributed by atoms with Gasteiger partial charge in [0.05, 0.1) is 10.6 Å². The van der Waals surface area contributed by atoms with Crippen molar-refractivity contribution >= 4 is 24.0 Å². The Morgan fingerprint density at radius 1 is 1.30 bits per heavy atom. The third-order valence-electron chi connectivity index (χ3n) is 3.72. The number of rotatable bonds is 4. The number of hydrogen-bond acceptors (Lipinski definition) is 2. The average molecular weight is 373 g/mol. The summed E-state index contributed by atoms with van der Waals surface area (Å²) in [4.78, 5) is 1.95. The van der Waals surface area contributed by atoms with Gasteiger partial charge in [-0.25, -0.2) is 4.39 Å². The van der Waals surface area contributed by atoms with Crippen LogP contribution in [0.3, 0.4) is 0 Å². The first kappa shape index (κ1) is 20.2. The summed E-state index contributed by atoms with van der Waals surface area (Å²) in [5, 5.41) is 2.65. The van der Waals surface area contributed by atoms with Gasteiger partial charge in [-0.3, -0.25) is 4.90 Å². The van der Waals surface area contributed by atoms with Crippen molar-refractivity contribution in [2.45, 2.75) is 18.6 Å². The molecule has 0 spiro atoms. The summed E-state index contributed by atoms with van der Waals surface area (Å²) in [7, 11) is 0. The zero-order valence-electron chi connectivity index (χ0n) is 12.3. The second-order valence-electron chi connectivity index (χ2n) is 5.19. The second-order valence-corrected chi connectivity index (χ2v) is 5.59. The normalized spacial score (nSPS) is 17.4. The van der Waals surface area contributed by atoms with Gasteiger partial charge in [-0.2, -0.15) is 13.2 Å². The smallest absolute Gasteiger partial charge is 0.314 e. The van der Waals surface area contributed by atoms with E-state index in [0.717, 1.165) is 6.07 Å². The zero-order valence-corrected chi connectivity index (χ0v) is 13.9. The Labute approximate surface area is 143 Å². The topological polar surface area (TPSA) is 15.3 Å². The van der Waals surface area contributed by atoms with Gasteiger partial charge in [0.25, 0.3) is 0 Å². The van der Waals surface area contributed by atoms with Gasteiger partial charge in [0.1, 0.15) is 5.82 Å². The Morgan fingerprint density at radius 2 is 1.91 bits per heavy atom. The molecule has 23 heavy (non-hydrogen) atoms. The Kier molecular flexibility index (Phi) is 7.32. The van der Waals surface area contributed by atoms with Crippen molar-refractivity contribution in [1.82, 2.24) is 10.2 Å². The average Bonchev–Trinajstić information content (AvgIpc) is 2.47. The van der Waals surface area contributed by atoms with Gasteiger partial charge in [0, 0.05) is 37.8 Å². The number of nitrogens with zero attached hydrogens (tertiary/aromatic N) is 1. The van der Waals surface area contributed by atoms with Crippen LogP contribution in [-0.4, -0.2) is 31.1 Å². The van der Waals surface area contributed by atoms with Gasteiger partial charge in [-0.05, 0) is 18.6 Å². The lowest BCUT2D eigenvalue weighted by atomic mass is 9.98. The number of alkyl halides is 3. The molecule has 0 aliphatic carbocycles. The molecule has 0 unspecified atom stereocenters. The highest BCUT2D eigenvalue weighted by Crippen LogP contribution is 2.37. The Bertz CT molecular complexity index is 543. The van der Waals surface area contributed by atoms with E-state index >= 15 is 0 Å². The number of benzene rings is 1. The van der Waals surface area contributed by atoms with Crippen LogP contribution in [0.25, 0.3) is 0 Å². The van der Waals surface area contributed by atoms with E-state index in [2.05, 4.69) is 11.9 Å². The third-order valence-corrected chi connectivity index (χ3v) is 4.00. The lowest BCUT2D eigenvalue weighted by molar-refractivity contribution is -0.137. The van der Waals surface area contributed by atoms with E-state index in [1.54, 1.807) is 6.08 Å². The van der Waals surface area contributed by atoms with Crippen molar-refractivity contribution in [3.8, 4) is 0 Å². The summed E-state index contributed by atoms with van der Waals surface area (Å²) in [5.74, 6) is -0.792. The number of hydrogen-bond donors (Lipinski definition) is 1. The fourth-order valence-electron chi connectivity index (χ4n) is 2.64. The molecule has 1 aliphatic rings. The molecule has 1 saturated heterocycles. The molecule has 1 N–H and O–H groups in total. The molecule has 2 rings (SSSR count). The summed E-state index contributed by atoms with van der Waals surface area (Å²) in [6, 6.07) is 0.986. The number of halogens is 6. The van der Waals surface area contributed by atoms with Gasteiger partial charge in [0.2, 0.25) is 0 Å². The maximum atomic E-state index is 14.3. The van der Waals surface area contributed by atoms with Crippen LogP contribution in [0.2, 0.25) is 5.02 Å². The van der Waals surface area contributed by atoms with Gasteiger partial charge < -0.3 is 5.32 Å². The van der Waals surface area contributed by atoms with E-state index in [1.165, 1.54) is 0 Å². The fourth-order valence-corrected chi connectivity index (χ4v) is 2.87. The molecule has 1 aromatic rings. The Morgan fingerprint density at radius 3 is 2.43 bits per heavy atom. The van der Waals surface area contributed by atoms with E-state index < -0.39 is 28.6 Å². The first-order chi connectivity index (χ1) is 10.3. The van der Waals surface area contributed by atoms with Crippen LogP contribution in [0.1, 0.15) is 23.6 Å². The molecular formula is C15H18Cl2F4N2. The van der Waals surface area contributed by atoms with E-state index in [1.807, 2.05) is 4.90 Å². The van der Waals surface area contributed by atoms with Crippen LogP contribution in [0.15, 0.2) is 24.8 Å². The maximum absolute atomic E-state index is 14.3. The van der Waals surface area contributed by atoms with E-state index in [0.29, 0.717) is 38.7 Å². The standard InChI is InChI=1S/C15H17ClF4N2.ClH/c1-2-3-13(22-6-4-21-5-7-22)11-8-10(15(18,19)20)9-12(16)14(11)17;/h2,8-9,13,21H,1,3-7H2;1H/t13-;/m0./s1. The van der Waals surface area contributed by atoms with Crippen LogP contribution in [-0.2, 0) is 6.18 Å². The highest BCUT2D eigenvalue weighted by molar-refractivity contribution is 6.30. The summed E-state index contributed by atoms with van der Waals surface area (Å²) in [6.45, 7) is 6.31. The summed E-state index contributed by atoms with van der Waals surface area (Å²) < 4.78 is 53.2. The Hall–Kier alpha value is -0.820. The molecule has 8 heteroatoms. The second kappa shape index (κ2) is 8.33. The minimum atomic E-state index is -4.56. The molecule has 0 saturated carbocycles. The van der Waals surface area contributed by atoms with Crippen molar-refractivity contribution in [3.63, 3.8) is 0 Å². The van der Waals surface area contributed by atoms with Gasteiger partial charge >= 0.3 is 6.18 Å². The monoisotopic (exact) mass is 372 g/mol. The molecule has 0 aromatic heterocycles. The summed E-state index contributed by atoms with van der Waals surface area (Å²) in [6.07, 6.45) is -2.62. The van der Waals surface area contributed by atoms with Crippen LogP contribution >= 0.6 is 24.0 Å². The van der Waals surface area contributed by atoms with Crippen LogP contribution in [0.4, 0.5) is 17.6 Å². The fraction of sp³-hybridized carbons (Fsp3) is 0.467. The highest BCUT2D eigenvalue weighted by Gasteiger charge is 2.34. The lowest BCUT2D eigenvalue weighted by Gasteiger charge is -2.35. The molecule has 1 aromatic carbocycles. The minimum absolute atomic E-state index is 0. The number of nitrogens with one attached hydrogen (secondary N) is 1. The van der Waals surface area contributed by atoms with Gasteiger partial charge in [0.15, 0.2) is 0 Å². The van der Waals surface area contributed by atoms with Crippen molar-refractivity contribution in [2.24, 2.45) is 0 Å². The largest absolute Gasteiger partial charge is 0.416 e. The van der Waals surface area contributed by atoms with Gasteiger partial charge in [-0.1, -0.05) is 17.7 Å².